The standard InChI is InChI=1S/C19H20N4O2/c1-3-25-16-7-5-15(6-8-16)19(24)21-13-14-4-9-17(20-12-14)18-10-11-22-23(18)2/h4-12H,3,13H2,1-2H3,(H,21,24). The highest BCUT2D eigenvalue weighted by atomic mass is 16.5. The predicted octanol–water partition coefficient (Wildman–Crippen LogP) is 2.81. The zero-order valence-corrected chi connectivity index (χ0v) is 14.3. The summed E-state index contributed by atoms with van der Waals surface area (Å²) in [5.74, 6) is 0.632. The molecule has 3 aromatic rings. The fraction of sp³-hybridized carbons (Fsp3) is 0.211. The number of aryl methyl sites for hydroxylation is 1. The summed E-state index contributed by atoms with van der Waals surface area (Å²) in [6.45, 7) is 2.95. The van der Waals surface area contributed by atoms with E-state index in [2.05, 4.69) is 15.4 Å². The van der Waals surface area contributed by atoms with Crippen LogP contribution in [-0.2, 0) is 13.6 Å². The van der Waals surface area contributed by atoms with Crippen molar-refractivity contribution in [2.75, 3.05) is 6.61 Å². The first-order valence-corrected chi connectivity index (χ1v) is 8.11. The molecule has 0 radical (unpaired) electrons. The minimum atomic E-state index is -0.126. The molecule has 0 atom stereocenters. The maximum Gasteiger partial charge on any atom is 0.251 e. The lowest BCUT2D eigenvalue weighted by atomic mass is 10.2. The summed E-state index contributed by atoms with van der Waals surface area (Å²) in [4.78, 5) is 16.6. The van der Waals surface area contributed by atoms with Gasteiger partial charge in [-0.05, 0) is 48.9 Å². The van der Waals surface area contributed by atoms with Crippen molar-refractivity contribution in [3.05, 3.63) is 66.0 Å². The summed E-state index contributed by atoms with van der Waals surface area (Å²) in [6, 6.07) is 12.9. The third kappa shape index (κ3) is 4.03. The Hall–Kier alpha value is -3.15. The lowest BCUT2D eigenvalue weighted by Gasteiger charge is -2.07. The van der Waals surface area contributed by atoms with Crippen molar-refractivity contribution in [2.24, 2.45) is 7.05 Å². The maximum absolute atomic E-state index is 12.2. The van der Waals surface area contributed by atoms with E-state index < -0.39 is 0 Å². The highest BCUT2D eigenvalue weighted by Crippen LogP contribution is 2.16. The van der Waals surface area contributed by atoms with Gasteiger partial charge in [0.25, 0.3) is 5.91 Å². The molecule has 0 aliphatic heterocycles. The lowest BCUT2D eigenvalue weighted by Crippen LogP contribution is -2.22. The quantitative estimate of drug-likeness (QED) is 0.751. The van der Waals surface area contributed by atoms with E-state index in [-0.39, 0.29) is 5.91 Å². The van der Waals surface area contributed by atoms with Crippen molar-refractivity contribution < 1.29 is 9.53 Å². The van der Waals surface area contributed by atoms with Crippen molar-refractivity contribution in [2.45, 2.75) is 13.5 Å². The Kier molecular flexibility index (Phi) is 5.09. The number of nitrogens with one attached hydrogen (secondary N) is 1. The number of aromatic nitrogens is 3. The minimum Gasteiger partial charge on any atom is -0.494 e. The van der Waals surface area contributed by atoms with Crippen LogP contribution in [0.4, 0.5) is 0 Å². The van der Waals surface area contributed by atoms with Crippen LogP contribution in [0.25, 0.3) is 11.4 Å². The van der Waals surface area contributed by atoms with Crippen LogP contribution in [0.2, 0.25) is 0 Å². The van der Waals surface area contributed by atoms with E-state index in [4.69, 9.17) is 4.74 Å². The van der Waals surface area contributed by atoms with E-state index in [0.717, 1.165) is 22.7 Å². The molecule has 1 aromatic carbocycles. The molecule has 0 saturated heterocycles. The molecule has 6 nitrogen and oxygen atoms in total. The smallest absolute Gasteiger partial charge is 0.251 e. The average Bonchev–Trinajstić information content (AvgIpc) is 3.07. The first-order valence-electron chi connectivity index (χ1n) is 8.11. The topological polar surface area (TPSA) is 69.0 Å². The van der Waals surface area contributed by atoms with Gasteiger partial charge in [-0.1, -0.05) is 6.07 Å². The van der Waals surface area contributed by atoms with Crippen LogP contribution in [0.1, 0.15) is 22.8 Å². The van der Waals surface area contributed by atoms with Gasteiger partial charge in [-0.3, -0.25) is 14.5 Å². The fourth-order valence-electron chi connectivity index (χ4n) is 2.46. The third-order valence-electron chi connectivity index (χ3n) is 3.79. The maximum atomic E-state index is 12.2. The third-order valence-corrected chi connectivity index (χ3v) is 3.79. The van der Waals surface area contributed by atoms with Crippen molar-refractivity contribution in [1.29, 1.82) is 0 Å². The first kappa shape index (κ1) is 16.7. The van der Waals surface area contributed by atoms with Crippen molar-refractivity contribution in [3.8, 4) is 17.1 Å². The summed E-state index contributed by atoms with van der Waals surface area (Å²) < 4.78 is 7.15. The summed E-state index contributed by atoms with van der Waals surface area (Å²) >= 11 is 0. The van der Waals surface area contributed by atoms with Crippen molar-refractivity contribution in [1.82, 2.24) is 20.1 Å². The Bertz CT molecular complexity index is 839. The SMILES string of the molecule is CCOc1ccc(C(=O)NCc2ccc(-c3ccnn3C)nc2)cc1. The molecule has 3 rings (SSSR count). The van der Waals surface area contributed by atoms with Crippen molar-refractivity contribution in [3.63, 3.8) is 0 Å². The highest BCUT2D eigenvalue weighted by Gasteiger charge is 2.07. The average molecular weight is 336 g/mol. The van der Waals surface area contributed by atoms with Gasteiger partial charge in [0, 0.05) is 31.5 Å². The Balaban J connectivity index is 1.59. The van der Waals surface area contributed by atoms with E-state index >= 15 is 0 Å². The predicted molar refractivity (Wildman–Crippen MR) is 95.2 cm³/mol. The van der Waals surface area contributed by atoms with E-state index in [1.807, 2.05) is 32.2 Å². The van der Waals surface area contributed by atoms with Crippen LogP contribution in [0.15, 0.2) is 54.9 Å². The van der Waals surface area contributed by atoms with Crippen molar-refractivity contribution >= 4 is 5.91 Å². The van der Waals surface area contributed by atoms with Gasteiger partial charge in [0.2, 0.25) is 0 Å². The van der Waals surface area contributed by atoms with Crippen LogP contribution in [0.5, 0.6) is 5.75 Å². The summed E-state index contributed by atoms with van der Waals surface area (Å²) in [6.07, 6.45) is 3.50. The molecular formula is C19H20N4O2. The van der Waals surface area contributed by atoms with E-state index in [1.54, 1.807) is 41.3 Å². The summed E-state index contributed by atoms with van der Waals surface area (Å²) in [5, 5.41) is 7.03. The Morgan fingerprint density at radius 3 is 2.56 bits per heavy atom. The summed E-state index contributed by atoms with van der Waals surface area (Å²) in [7, 11) is 1.88. The molecule has 0 saturated carbocycles. The van der Waals surface area contributed by atoms with Gasteiger partial charge in [-0.25, -0.2) is 0 Å². The zero-order valence-electron chi connectivity index (χ0n) is 14.3. The van der Waals surface area contributed by atoms with Gasteiger partial charge in [-0.2, -0.15) is 5.10 Å². The van der Waals surface area contributed by atoms with Crippen LogP contribution in [-0.4, -0.2) is 27.3 Å². The van der Waals surface area contributed by atoms with Gasteiger partial charge in [-0.15, -0.1) is 0 Å². The first-order chi connectivity index (χ1) is 12.2. The normalized spacial score (nSPS) is 10.5. The Morgan fingerprint density at radius 2 is 1.96 bits per heavy atom. The fourth-order valence-corrected chi connectivity index (χ4v) is 2.46. The summed E-state index contributed by atoms with van der Waals surface area (Å²) in [5.41, 5.74) is 3.33. The molecule has 0 bridgehead atoms. The zero-order chi connectivity index (χ0) is 17.6. The molecule has 0 fully saturated rings. The minimum absolute atomic E-state index is 0.126. The number of amides is 1. The van der Waals surface area contributed by atoms with Gasteiger partial charge in [0.1, 0.15) is 5.75 Å². The highest BCUT2D eigenvalue weighted by molar-refractivity contribution is 5.94. The number of hydrogen-bond donors (Lipinski definition) is 1. The largest absolute Gasteiger partial charge is 0.494 e. The molecule has 0 spiro atoms. The van der Waals surface area contributed by atoms with E-state index in [1.165, 1.54) is 0 Å². The van der Waals surface area contributed by atoms with Crippen LogP contribution < -0.4 is 10.1 Å². The van der Waals surface area contributed by atoms with Crippen LogP contribution in [0, 0.1) is 0 Å². The number of hydrogen-bond acceptors (Lipinski definition) is 4. The molecule has 0 aliphatic carbocycles. The number of rotatable bonds is 6. The molecule has 25 heavy (non-hydrogen) atoms. The molecule has 1 N–H and O–H groups in total. The van der Waals surface area contributed by atoms with E-state index in [9.17, 15) is 4.79 Å². The lowest BCUT2D eigenvalue weighted by molar-refractivity contribution is 0.0951. The molecule has 1 amide bonds. The molecule has 6 heteroatoms. The van der Waals surface area contributed by atoms with Gasteiger partial charge < -0.3 is 10.1 Å². The molecule has 2 aromatic heterocycles. The Morgan fingerprint density at radius 1 is 1.16 bits per heavy atom. The van der Waals surface area contributed by atoms with Gasteiger partial charge in [0.15, 0.2) is 0 Å². The number of benzene rings is 1. The Labute approximate surface area is 146 Å². The van der Waals surface area contributed by atoms with Crippen LogP contribution in [0.3, 0.4) is 0 Å². The molecule has 0 unspecified atom stereocenters. The van der Waals surface area contributed by atoms with Crippen LogP contribution >= 0.6 is 0 Å². The molecule has 128 valence electrons. The number of nitrogens with zero attached hydrogens (tertiary/aromatic N) is 3. The number of pyridine rings is 1. The second-order valence-corrected chi connectivity index (χ2v) is 5.53. The monoisotopic (exact) mass is 336 g/mol. The van der Waals surface area contributed by atoms with Gasteiger partial charge >= 0.3 is 0 Å². The van der Waals surface area contributed by atoms with Gasteiger partial charge in [0.05, 0.1) is 18.0 Å². The molecular weight excluding hydrogens is 316 g/mol. The number of carbonyl (C=O) groups is 1. The number of carbonyl (C=O) groups excluding carboxylic acids is 1. The second kappa shape index (κ2) is 7.61. The second-order valence-electron chi connectivity index (χ2n) is 5.53. The van der Waals surface area contributed by atoms with E-state index in [0.29, 0.717) is 18.7 Å². The molecule has 0 aliphatic rings. The number of ether oxygens (including phenoxy) is 1. The molecule has 2 heterocycles.